The minimum atomic E-state index is -4.62. The summed E-state index contributed by atoms with van der Waals surface area (Å²) in [5, 5.41) is 11.6. The Hall–Kier alpha value is -1.86. The summed E-state index contributed by atoms with van der Waals surface area (Å²) in [6, 6.07) is 1.76. The monoisotopic (exact) mass is 295 g/mol. The molecule has 2 rings (SSSR count). The number of benzene rings is 1. The van der Waals surface area contributed by atoms with Gasteiger partial charge in [0.25, 0.3) is 6.43 Å². The molecule has 0 aliphatic heterocycles. The van der Waals surface area contributed by atoms with Crippen LogP contribution in [0.1, 0.15) is 23.1 Å². The molecule has 0 atom stereocenters. The molecule has 0 unspecified atom stereocenters. The van der Waals surface area contributed by atoms with Gasteiger partial charge < -0.3 is 9.94 Å². The van der Waals surface area contributed by atoms with Crippen LogP contribution >= 0.6 is 0 Å². The summed E-state index contributed by atoms with van der Waals surface area (Å²) in [4.78, 5) is 0. The fourth-order valence-electron chi connectivity index (χ4n) is 2.20. The number of halogens is 5. The summed E-state index contributed by atoms with van der Waals surface area (Å²) in [7, 11) is 0. The molecule has 0 radical (unpaired) electrons. The Morgan fingerprint density at radius 3 is 2.50 bits per heavy atom. The number of hydrogen-bond donors (Lipinski definition) is 1. The van der Waals surface area contributed by atoms with Crippen LogP contribution in [0.4, 0.5) is 22.0 Å². The zero-order chi connectivity index (χ0) is 14.9. The van der Waals surface area contributed by atoms with Crippen LogP contribution in [0.25, 0.3) is 0 Å². The number of nitrogens with zero attached hydrogens (tertiary/aromatic N) is 1. The molecule has 1 aliphatic carbocycles. The van der Waals surface area contributed by atoms with Gasteiger partial charge in [-0.15, -0.1) is 0 Å². The van der Waals surface area contributed by atoms with Gasteiger partial charge in [0.05, 0.1) is 11.3 Å². The van der Waals surface area contributed by atoms with E-state index in [0.29, 0.717) is 0 Å². The molecule has 0 saturated heterocycles. The highest BCUT2D eigenvalue weighted by Crippen LogP contribution is 2.41. The van der Waals surface area contributed by atoms with Crippen LogP contribution < -0.4 is 4.74 Å². The Morgan fingerprint density at radius 1 is 1.25 bits per heavy atom. The Kier molecular flexibility index (Phi) is 3.82. The van der Waals surface area contributed by atoms with Crippen LogP contribution in [0, 0.1) is 0 Å². The van der Waals surface area contributed by atoms with Gasteiger partial charge >= 0.3 is 6.18 Å². The average molecular weight is 295 g/mol. The van der Waals surface area contributed by atoms with Gasteiger partial charge in [-0.25, -0.2) is 8.78 Å². The maximum absolute atomic E-state index is 12.9. The summed E-state index contributed by atoms with van der Waals surface area (Å²) < 4.78 is 67.8. The zero-order valence-electron chi connectivity index (χ0n) is 10.0. The highest BCUT2D eigenvalue weighted by Gasteiger charge is 2.38. The van der Waals surface area contributed by atoms with Crippen molar-refractivity contribution in [1.82, 2.24) is 0 Å². The molecule has 0 heterocycles. The van der Waals surface area contributed by atoms with Crippen LogP contribution in [0.5, 0.6) is 5.75 Å². The number of rotatable bonds is 3. The third-order valence-corrected chi connectivity index (χ3v) is 2.96. The molecule has 0 fully saturated rings. The van der Waals surface area contributed by atoms with Crippen molar-refractivity contribution in [1.29, 1.82) is 0 Å². The van der Waals surface area contributed by atoms with Crippen molar-refractivity contribution in [2.75, 3.05) is 6.61 Å². The molecule has 1 aromatic carbocycles. The van der Waals surface area contributed by atoms with E-state index in [1.54, 1.807) is 0 Å². The van der Waals surface area contributed by atoms with Crippen LogP contribution in [-0.4, -0.2) is 24.0 Å². The Morgan fingerprint density at radius 2 is 1.95 bits per heavy atom. The topological polar surface area (TPSA) is 41.8 Å². The molecule has 1 aromatic rings. The number of fused-ring (bicyclic) bond motifs is 1. The van der Waals surface area contributed by atoms with Gasteiger partial charge in [-0.1, -0.05) is 5.16 Å². The molecule has 1 aliphatic rings. The van der Waals surface area contributed by atoms with E-state index in [4.69, 9.17) is 9.94 Å². The van der Waals surface area contributed by atoms with E-state index in [1.807, 2.05) is 0 Å². The second-order valence-electron chi connectivity index (χ2n) is 4.21. The molecule has 0 spiro atoms. The predicted octanol–water partition coefficient (Wildman–Crippen LogP) is 3.47. The first-order chi connectivity index (χ1) is 9.34. The van der Waals surface area contributed by atoms with Gasteiger partial charge in [0.1, 0.15) is 12.4 Å². The van der Waals surface area contributed by atoms with Crippen LogP contribution in [0.3, 0.4) is 0 Å². The first-order valence-corrected chi connectivity index (χ1v) is 5.70. The van der Waals surface area contributed by atoms with Crippen LogP contribution in [0.15, 0.2) is 17.3 Å². The number of hydrogen-bond acceptors (Lipinski definition) is 3. The molecular formula is C12H10F5NO2. The minimum absolute atomic E-state index is 0.0352. The number of oxime groups is 1. The van der Waals surface area contributed by atoms with Crippen LogP contribution in [-0.2, 0) is 12.6 Å². The summed E-state index contributed by atoms with van der Waals surface area (Å²) in [5.74, 6) is -0.0352. The first-order valence-electron chi connectivity index (χ1n) is 5.70. The lowest BCUT2D eigenvalue weighted by Gasteiger charge is -2.15. The van der Waals surface area contributed by atoms with E-state index in [9.17, 15) is 22.0 Å². The Bertz CT molecular complexity index is 539. The fourth-order valence-corrected chi connectivity index (χ4v) is 2.20. The Labute approximate surface area is 110 Å². The summed E-state index contributed by atoms with van der Waals surface area (Å²) in [6.45, 7) is -0.899. The molecule has 20 heavy (non-hydrogen) atoms. The molecule has 0 aromatic heterocycles. The average Bonchev–Trinajstić information content (AvgIpc) is 2.78. The summed E-state index contributed by atoms with van der Waals surface area (Å²) in [5.41, 5.74) is -1.20. The maximum Gasteiger partial charge on any atom is 0.417 e. The summed E-state index contributed by atoms with van der Waals surface area (Å²) >= 11 is 0. The van der Waals surface area contributed by atoms with Gasteiger partial charge in [-0.05, 0) is 25.0 Å². The van der Waals surface area contributed by atoms with Gasteiger partial charge in [-0.3, -0.25) is 0 Å². The Balaban J connectivity index is 2.49. The number of alkyl halides is 5. The molecule has 110 valence electrons. The molecular weight excluding hydrogens is 285 g/mol. The molecule has 0 amide bonds. The smallest absolute Gasteiger partial charge is 0.417 e. The molecule has 0 saturated carbocycles. The van der Waals surface area contributed by atoms with Crippen molar-refractivity contribution in [3.63, 3.8) is 0 Å². The lowest BCUT2D eigenvalue weighted by molar-refractivity contribution is -0.137. The first kappa shape index (κ1) is 14.5. The van der Waals surface area contributed by atoms with Crippen molar-refractivity contribution in [3.05, 3.63) is 28.8 Å². The molecule has 8 heteroatoms. The van der Waals surface area contributed by atoms with Crippen molar-refractivity contribution >= 4 is 5.71 Å². The van der Waals surface area contributed by atoms with E-state index >= 15 is 0 Å². The van der Waals surface area contributed by atoms with E-state index in [2.05, 4.69) is 5.16 Å². The second-order valence-corrected chi connectivity index (χ2v) is 4.21. The van der Waals surface area contributed by atoms with Crippen molar-refractivity contribution < 1.29 is 31.9 Å². The zero-order valence-corrected chi connectivity index (χ0v) is 10.0. The standard InChI is InChI=1S/C12H10F5NO2/c13-10(14)5-20-9-4-2-7(12(15,16)17)11-6(9)1-3-8(11)18-19/h2,4,10,19H,1,3,5H2/b18-8+. The normalized spacial score (nSPS) is 16.8. The summed E-state index contributed by atoms with van der Waals surface area (Å²) in [6.07, 6.45) is -7.09. The highest BCUT2D eigenvalue weighted by molar-refractivity contribution is 6.06. The molecule has 0 bridgehead atoms. The predicted molar refractivity (Wildman–Crippen MR) is 59.6 cm³/mol. The van der Waals surface area contributed by atoms with E-state index < -0.39 is 24.8 Å². The van der Waals surface area contributed by atoms with Gasteiger partial charge in [0.15, 0.2) is 0 Å². The quantitative estimate of drug-likeness (QED) is 0.527. The van der Waals surface area contributed by atoms with E-state index in [1.165, 1.54) is 0 Å². The van der Waals surface area contributed by atoms with Crippen LogP contribution in [0.2, 0.25) is 0 Å². The van der Waals surface area contributed by atoms with E-state index in [0.717, 1.165) is 12.1 Å². The lowest BCUT2D eigenvalue weighted by Crippen LogP contribution is -2.14. The van der Waals surface area contributed by atoms with Gasteiger partial charge in [0, 0.05) is 11.1 Å². The van der Waals surface area contributed by atoms with Gasteiger partial charge in [-0.2, -0.15) is 13.2 Å². The van der Waals surface area contributed by atoms with Gasteiger partial charge in [0.2, 0.25) is 0 Å². The molecule has 1 N–H and O–H groups in total. The second kappa shape index (κ2) is 5.26. The highest BCUT2D eigenvalue weighted by atomic mass is 19.4. The van der Waals surface area contributed by atoms with Crippen molar-refractivity contribution in [2.45, 2.75) is 25.4 Å². The lowest BCUT2D eigenvalue weighted by atomic mass is 10.0. The maximum atomic E-state index is 12.9. The van der Waals surface area contributed by atoms with Crippen molar-refractivity contribution in [3.8, 4) is 5.75 Å². The fraction of sp³-hybridized carbons (Fsp3) is 0.417. The van der Waals surface area contributed by atoms with Crippen molar-refractivity contribution in [2.24, 2.45) is 5.16 Å². The number of ether oxygens (including phenoxy) is 1. The third-order valence-electron chi connectivity index (χ3n) is 2.96. The third kappa shape index (κ3) is 2.68. The SMILES string of the molecule is O/N=C1\CCc2c(OCC(F)F)ccc(C(F)(F)F)c21. The minimum Gasteiger partial charge on any atom is -0.487 e. The van der Waals surface area contributed by atoms with E-state index in [-0.39, 0.29) is 35.4 Å². The molecule has 3 nitrogen and oxygen atoms in total. The largest absolute Gasteiger partial charge is 0.487 e.